The average Bonchev–Trinajstić information content (AvgIpc) is 2.34. The van der Waals surface area contributed by atoms with Crippen molar-refractivity contribution in [1.29, 1.82) is 0 Å². The molecular formula is C7H13NO. The van der Waals surface area contributed by atoms with Gasteiger partial charge < -0.3 is 10.1 Å². The van der Waals surface area contributed by atoms with Crippen molar-refractivity contribution in [2.24, 2.45) is 0 Å². The number of methoxy groups -OCH3 is 1. The highest BCUT2D eigenvalue weighted by Crippen LogP contribution is 2.03. The summed E-state index contributed by atoms with van der Waals surface area (Å²) in [6, 6.07) is 0. The average molecular weight is 127 g/mol. The fourth-order valence-electron chi connectivity index (χ4n) is 0.962. The second-order valence-electron chi connectivity index (χ2n) is 2.24. The summed E-state index contributed by atoms with van der Waals surface area (Å²) >= 11 is 0. The van der Waals surface area contributed by atoms with Crippen molar-refractivity contribution in [1.82, 2.24) is 5.32 Å². The molecule has 0 aromatic heterocycles. The Bertz CT molecular complexity index is 101. The molecule has 9 heavy (non-hydrogen) atoms. The van der Waals surface area contributed by atoms with Gasteiger partial charge >= 0.3 is 0 Å². The molecule has 0 radical (unpaired) electrons. The van der Waals surface area contributed by atoms with Crippen LogP contribution in [0.1, 0.15) is 6.42 Å². The Hall–Kier alpha value is -0.340. The van der Waals surface area contributed by atoms with E-state index >= 15 is 0 Å². The molecule has 0 aliphatic carbocycles. The maximum Gasteiger partial charge on any atom is 0.0646 e. The van der Waals surface area contributed by atoms with Gasteiger partial charge in [0.25, 0.3) is 0 Å². The van der Waals surface area contributed by atoms with Crippen molar-refractivity contribution < 1.29 is 4.74 Å². The van der Waals surface area contributed by atoms with E-state index in [1.54, 1.807) is 7.11 Å². The van der Waals surface area contributed by atoms with E-state index < -0.39 is 0 Å². The third-order valence-corrected chi connectivity index (χ3v) is 1.51. The summed E-state index contributed by atoms with van der Waals surface area (Å²) in [5.74, 6) is 0. The predicted octanol–water partition coefficient (Wildman–Crippen LogP) is 0.552. The molecular weight excluding hydrogens is 114 g/mol. The molecule has 1 heterocycles. The maximum atomic E-state index is 4.90. The zero-order valence-corrected chi connectivity index (χ0v) is 5.81. The van der Waals surface area contributed by atoms with Gasteiger partial charge in [-0.15, -0.1) is 0 Å². The molecule has 1 N–H and O–H groups in total. The topological polar surface area (TPSA) is 21.3 Å². The lowest BCUT2D eigenvalue weighted by Gasteiger charge is -1.92. The van der Waals surface area contributed by atoms with Gasteiger partial charge in [-0.05, 0) is 13.0 Å². The molecule has 52 valence electrons. The van der Waals surface area contributed by atoms with E-state index in [9.17, 15) is 0 Å². The molecule has 2 nitrogen and oxygen atoms in total. The summed E-state index contributed by atoms with van der Waals surface area (Å²) in [6.45, 7) is 2.95. The number of hydrogen-bond donors (Lipinski definition) is 1. The molecule has 0 spiro atoms. The zero-order chi connectivity index (χ0) is 6.53. The molecule has 2 heteroatoms. The standard InChI is InChI=1S/C7H13NO/c1-9-5-3-7-2-4-8-6-7/h3,8H,2,4-6H2,1H3/b7-3+. The third-order valence-electron chi connectivity index (χ3n) is 1.51. The lowest BCUT2D eigenvalue weighted by Crippen LogP contribution is -2.04. The molecule has 1 fully saturated rings. The Morgan fingerprint density at radius 2 is 2.67 bits per heavy atom. The Balaban J connectivity index is 2.22. The lowest BCUT2D eigenvalue weighted by molar-refractivity contribution is 0.233. The van der Waals surface area contributed by atoms with Crippen molar-refractivity contribution in [3.63, 3.8) is 0 Å². The molecule has 0 aromatic rings. The third kappa shape index (κ3) is 2.16. The molecule has 1 aliphatic rings. The van der Waals surface area contributed by atoms with Crippen molar-refractivity contribution in [2.75, 3.05) is 26.8 Å². The minimum Gasteiger partial charge on any atom is -0.381 e. The molecule has 0 bridgehead atoms. The van der Waals surface area contributed by atoms with E-state index in [0.29, 0.717) is 0 Å². The summed E-state index contributed by atoms with van der Waals surface area (Å²) in [6.07, 6.45) is 3.35. The van der Waals surface area contributed by atoms with Crippen LogP contribution in [-0.4, -0.2) is 26.8 Å². The first-order valence-electron chi connectivity index (χ1n) is 3.31. The van der Waals surface area contributed by atoms with Crippen LogP contribution >= 0.6 is 0 Å². The van der Waals surface area contributed by atoms with Gasteiger partial charge in [0.05, 0.1) is 6.61 Å². The smallest absolute Gasteiger partial charge is 0.0646 e. The van der Waals surface area contributed by atoms with Crippen LogP contribution in [0.2, 0.25) is 0 Å². The maximum absolute atomic E-state index is 4.90. The first-order valence-corrected chi connectivity index (χ1v) is 3.31. The van der Waals surface area contributed by atoms with Crippen molar-refractivity contribution in [3.8, 4) is 0 Å². The van der Waals surface area contributed by atoms with Crippen LogP contribution in [-0.2, 0) is 4.74 Å². The van der Waals surface area contributed by atoms with Gasteiger partial charge in [0.2, 0.25) is 0 Å². The first-order chi connectivity index (χ1) is 4.43. The van der Waals surface area contributed by atoms with Crippen LogP contribution < -0.4 is 5.32 Å². The first kappa shape index (κ1) is 6.78. The fourth-order valence-corrected chi connectivity index (χ4v) is 0.962. The van der Waals surface area contributed by atoms with Crippen LogP contribution in [0.25, 0.3) is 0 Å². The molecule has 1 aliphatic heterocycles. The Morgan fingerprint density at radius 3 is 3.22 bits per heavy atom. The largest absolute Gasteiger partial charge is 0.381 e. The second-order valence-corrected chi connectivity index (χ2v) is 2.24. The van der Waals surface area contributed by atoms with Crippen LogP contribution in [0.5, 0.6) is 0 Å². The minimum absolute atomic E-state index is 0.761. The van der Waals surface area contributed by atoms with Crippen molar-refractivity contribution in [3.05, 3.63) is 11.6 Å². The van der Waals surface area contributed by atoms with Crippen molar-refractivity contribution >= 4 is 0 Å². The SMILES string of the molecule is COC/C=C1\CCNC1. The lowest BCUT2D eigenvalue weighted by atomic mass is 10.2. The van der Waals surface area contributed by atoms with E-state index in [4.69, 9.17) is 4.74 Å². The summed E-state index contributed by atoms with van der Waals surface area (Å²) < 4.78 is 4.90. The molecule has 1 rings (SSSR count). The monoisotopic (exact) mass is 127 g/mol. The summed E-state index contributed by atoms with van der Waals surface area (Å²) in [5.41, 5.74) is 1.48. The van der Waals surface area contributed by atoms with Gasteiger partial charge in [0.1, 0.15) is 0 Å². The molecule has 0 amide bonds. The van der Waals surface area contributed by atoms with Gasteiger partial charge in [0.15, 0.2) is 0 Å². The van der Waals surface area contributed by atoms with E-state index in [1.165, 1.54) is 12.0 Å². The quantitative estimate of drug-likeness (QED) is 0.547. The van der Waals surface area contributed by atoms with Gasteiger partial charge in [-0.1, -0.05) is 11.6 Å². The van der Waals surface area contributed by atoms with Crippen LogP contribution in [0.15, 0.2) is 11.6 Å². The van der Waals surface area contributed by atoms with Gasteiger partial charge in [0, 0.05) is 13.7 Å². The van der Waals surface area contributed by atoms with E-state index in [2.05, 4.69) is 11.4 Å². The highest BCUT2D eigenvalue weighted by Gasteiger charge is 2.02. The van der Waals surface area contributed by atoms with Crippen molar-refractivity contribution in [2.45, 2.75) is 6.42 Å². The molecule has 0 saturated carbocycles. The normalized spacial score (nSPS) is 23.4. The molecule has 0 unspecified atom stereocenters. The Morgan fingerprint density at radius 1 is 1.78 bits per heavy atom. The number of rotatable bonds is 2. The number of hydrogen-bond acceptors (Lipinski definition) is 2. The highest BCUT2D eigenvalue weighted by atomic mass is 16.5. The van der Waals surface area contributed by atoms with Crippen LogP contribution in [0.3, 0.4) is 0 Å². The zero-order valence-electron chi connectivity index (χ0n) is 5.81. The van der Waals surface area contributed by atoms with E-state index in [1.807, 2.05) is 0 Å². The van der Waals surface area contributed by atoms with E-state index in [0.717, 1.165) is 19.7 Å². The molecule has 0 atom stereocenters. The highest BCUT2D eigenvalue weighted by molar-refractivity contribution is 5.08. The van der Waals surface area contributed by atoms with Crippen LogP contribution in [0.4, 0.5) is 0 Å². The molecule has 1 saturated heterocycles. The van der Waals surface area contributed by atoms with E-state index in [-0.39, 0.29) is 0 Å². The molecule has 0 aromatic carbocycles. The fraction of sp³-hybridized carbons (Fsp3) is 0.714. The predicted molar refractivity (Wildman–Crippen MR) is 37.4 cm³/mol. The second kappa shape index (κ2) is 3.64. The Labute approximate surface area is 55.9 Å². The Kier molecular flexibility index (Phi) is 2.74. The van der Waals surface area contributed by atoms with Gasteiger partial charge in [-0.3, -0.25) is 0 Å². The van der Waals surface area contributed by atoms with Crippen LogP contribution in [0, 0.1) is 0 Å². The van der Waals surface area contributed by atoms with Gasteiger partial charge in [-0.25, -0.2) is 0 Å². The summed E-state index contributed by atoms with van der Waals surface area (Å²) in [4.78, 5) is 0. The number of nitrogens with one attached hydrogen (secondary N) is 1. The number of ether oxygens (including phenoxy) is 1. The summed E-state index contributed by atoms with van der Waals surface area (Å²) in [7, 11) is 1.72. The minimum atomic E-state index is 0.761. The van der Waals surface area contributed by atoms with Gasteiger partial charge in [-0.2, -0.15) is 0 Å². The summed E-state index contributed by atoms with van der Waals surface area (Å²) in [5, 5.41) is 3.26.